The molecule has 1 unspecified atom stereocenters. The lowest BCUT2D eigenvalue weighted by Gasteiger charge is -2.23. The van der Waals surface area contributed by atoms with E-state index < -0.39 is 0 Å². The van der Waals surface area contributed by atoms with E-state index in [1.54, 1.807) is 17.8 Å². The summed E-state index contributed by atoms with van der Waals surface area (Å²) in [6.07, 6.45) is 1.02. The highest BCUT2D eigenvalue weighted by Gasteiger charge is 2.19. The third-order valence-electron chi connectivity index (χ3n) is 2.38. The van der Waals surface area contributed by atoms with E-state index in [-0.39, 0.29) is 0 Å². The van der Waals surface area contributed by atoms with Gasteiger partial charge in [0, 0.05) is 11.8 Å². The Morgan fingerprint density at radius 3 is 3.15 bits per heavy atom. The van der Waals surface area contributed by atoms with Crippen LogP contribution in [0.15, 0.2) is 23.1 Å². The molecule has 2 N–H and O–H groups in total. The monoisotopic (exact) mass is 195 g/mol. The Kier molecular flexibility index (Phi) is 2.47. The molecule has 1 atom stereocenters. The van der Waals surface area contributed by atoms with Crippen LogP contribution in [0.3, 0.4) is 0 Å². The maximum Gasteiger partial charge on any atom is 0.129 e. The number of nitrogens with one attached hydrogen (secondary N) is 1. The Morgan fingerprint density at radius 2 is 2.38 bits per heavy atom. The van der Waals surface area contributed by atoms with Gasteiger partial charge in [0.05, 0.1) is 4.90 Å². The first-order valence-corrected chi connectivity index (χ1v) is 5.40. The van der Waals surface area contributed by atoms with Gasteiger partial charge >= 0.3 is 0 Å². The minimum Gasteiger partial charge on any atom is -0.507 e. The van der Waals surface area contributed by atoms with Crippen LogP contribution in [0.1, 0.15) is 5.56 Å². The van der Waals surface area contributed by atoms with Gasteiger partial charge < -0.3 is 10.4 Å². The summed E-state index contributed by atoms with van der Waals surface area (Å²) < 4.78 is 0. The average molecular weight is 195 g/mol. The highest BCUT2D eigenvalue weighted by Crippen LogP contribution is 2.36. The standard InChI is InChI=1S/C10H13NOS/c1-11-8-5-7-3-2-4-9(12)10(7)13-6-8/h2-4,8,11-12H,5-6H2,1H3. The number of rotatable bonds is 1. The number of thioether (sulfide) groups is 1. The van der Waals surface area contributed by atoms with E-state index in [9.17, 15) is 5.11 Å². The third-order valence-corrected chi connectivity index (χ3v) is 3.71. The second-order valence-corrected chi connectivity index (χ2v) is 4.30. The molecule has 1 aromatic carbocycles. The van der Waals surface area contributed by atoms with Crippen LogP contribution in [0, 0.1) is 0 Å². The van der Waals surface area contributed by atoms with Crippen molar-refractivity contribution in [2.45, 2.75) is 17.4 Å². The molecule has 0 amide bonds. The van der Waals surface area contributed by atoms with E-state index in [0.717, 1.165) is 17.1 Å². The molecule has 0 bridgehead atoms. The normalized spacial score (nSPS) is 21.2. The van der Waals surface area contributed by atoms with Crippen molar-refractivity contribution in [3.8, 4) is 5.75 Å². The zero-order valence-electron chi connectivity index (χ0n) is 7.58. The van der Waals surface area contributed by atoms with Crippen molar-refractivity contribution < 1.29 is 5.11 Å². The quantitative estimate of drug-likeness (QED) is 0.714. The molecule has 0 saturated carbocycles. The van der Waals surface area contributed by atoms with E-state index >= 15 is 0 Å². The largest absolute Gasteiger partial charge is 0.507 e. The summed E-state index contributed by atoms with van der Waals surface area (Å²) in [6.45, 7) is 0. The van der Waals surface area contributed by atoms with E-state index in [1.165, 1.54) is 5.56 Å². The second-order valence-electron chi connectivity index (χ2n) is 3.27. The summed E-state index contributed by atoms with van der Waals surface area (Å²) in [7, 11) is 1.99. The zero-order valence-corrected chi connectivity index (χ0v) is 8.40. The van der Waals surface area contributed by atoms with Crippen molar-refractivity contribution in [1.29, 1.82) is 0 Å². The number of likely N-dealkylation sites (N-methyl/N-ethyl adjacent to an activating group) is 1. The van der Waals surface area contributed by atoms with Crippen LogP contribution in [0.25, 0.3) is 0 Å². The molecule has 1 aromatic rings. The number of phenols is 1. The summed E-state index contributed by atoms with van der Waals surface area (Å²) in [5.74, 6) is 1.47. The number of aromatic hydroxyl groups is 1. The minimum atomic E-state index is 0.428. The van der Waals surface area contributed by atoms with Crippen molar-refractivity contribution in [2.24, 2.45) is 0 Å². The molecule has 2 rings (SSSR count). The van der Waals surface area contributed by atoms with E-state index in [1.807, 2.05) is 13.1 Å². The lowest BCUT2D eigenvalue weighted by atomic mass is 10.1. The third kappa shape index (κ3) is 1.67. The van der Waals surface area contributed by atoms with Crippen LogP contribution in [-0.2, 0) is 6.42 Å². The fourth-order valence-corrected chi connectivity index (χ4v) is 2.80. The lowest BCUT2D eigenvalue weighted by Crippen LogP contribution is -2.32. The first-order valence-electron chi connectivity index (χ1n) is 4.42. The Hall–Kier alpha value is -0.670. The summed E-state index contributed by atoms with van der Waals surface area (Å²) in [4.78, 5) is 1.06. The van der Waals surface area contributed by atoms with Crippen molar-refractivity contribution in [1.82, 2.24) is 5.32 Å². The first-order chi connectivity index (χ1) is 6.31. The lowest BCUT2D eigenvalue weighted by molar-refractivity contribution is 0.458. The van der Waals surface area contributed by atoms with Gasteiger partial charge in [-0.1, -0.05) is 12.1 Å². The molecule has 1 aliphatic heterocycles. The Morgan fingerprint density at radius 1 is 1.54 bits per heavy atom. The molecule has 0 aromatic heterocycles. The number of phenolic OH excluding ortho intramolecular Hbond substituents is 1. The molecule has 0 radical (unpaired) electrons. The Balaban J connectivity index is 2.31. The van der Waals surface area contributed by atoms with Crippen LogP contribution in [0.4, 0.5) is 0 Å². The van der Waals surface area contributed by atoms with Gasteiger partial charge in [0.15, 0.2) is 0 Å². The van der Waals surface area contributed by atoms with E-state index in [2.05, 4.69) is 11.4 Å². The molecule has 13 heavy (non-hydrogen) atoms. The molecular weight excluding hydrogens is 182 g/mol. The fourth-order valence-electron chi connectivity index (χ4n) is 1.59. The van der Waals surface area contributed by atoms with Gasteiger partial charge in [0.2, 0.25) is 0 Å². The summed E-state index contributed by atoms with van der Waals surface area (Å²) in [5.41, 5.74) is 1.26. The maximum absolute atomic E-state index is 9.57. The van der Waals surface area contributed by atoms with Gasteiger partial charge in [-0.3, -0.25) is 0 Å². The molecule has 2 nitrogen and oxygen atoms in total. The molecule has 70 valence electrons. The Labute approximate surface area is 82.4 Å². The maximum atomic E-state index is 9.57. The Bertz CT molecular complexity index is 314. The van der Waals surface area contributed by atoms with Gasteiger partial charge in [-0.25, -0.2) is 0 Å². The molecule has 3 heteroatoms. The van der Waals surface area contributed by atoms with Crippen molar-refractivity contribution in [2.75, 3.05) is 12.8 Å². The van der Waals surface area contributed by atoms with Crippen LogP contribution in [0.2, 0.25) is 0 Å². The van der Waals surface area contributed by atoms with Crippen LogP contribution in [-0.4, -0.2) is 23.9 Å². The van der Waals surface area contributed by atoms with Crippen LogP contribution < -0.4 is 5.32 Å². The summed E-state index contributed by atoms with van der Waals surface area (Å²) in [6, 6.07) is 6.29. The average Bonchev–Trinajstić information content (AvgIpc) is 2.18. The first kappa shape index (κ1) is 8.91. The van der Waals surface area contributed by atoms with E-state index in [0.29, 0.717) is 11.8 Å². The molecule has 0 aliphatic carbocycles. The minimum absolute atomic E-state index is 0.428. The second kappa shape index (κ2) is 3.60. The van der Waals surface area contributed by atoms with Gasteiger partial charge in [0.25, 0.3) is 0 Å². The van der Waals surface area contributed by atoms with Crippen molar-refractivity contribution in [3.05, 3.63) is 23.8 Å². The molecule has 1 heterocycles. The highest BCUT2D eigenvalue weighted by atomic mass is 32.2. The van der Waals surface area contributed by atoms with E-state index in [4.69, 9.17) is 0 Å². The molecule has 0 fully saturated rings. The topological polar surface area (TPSA) is 32.3 Å². The predicted octanol–water partition coefficient (Wildman–Crippen LogP) is 1.63. The number of benzene rings is 1. The van der Waals surface area contributed by atoms with Crippen LogP contribution in [0.5, 0.6) is 5.75 Å². The predicted molar refractivity (Wildman–Crippen MR) is 55.4 cm³/mol. The smallest absolute Gasteiger partial charge is 0.129 e. The van der Waals surface area contributed by atoms with Gasteiger partial charge in [-0.05, 0) is 25.1 Å². The SMILES string of the molecule is CNC1CSc2c(O)cccc2C1. The fraction of sp³-hybridized carbons (Fsp3) is 0.400. The summed E-state index contributed by atoms with van der Waals surface area (Å²) >= 11 is 1.74. The van der Waals surface area contributed by atoms with Crippen molar-refractivity contribution in [3.63, 3.8) is 0 Å². The molecule has 0 saturated heterocycles. The molecular formula is C10H13NOS. The number of hydrogen-bond acceptors (Lipinski definition) is 3. The molecule has 0 spiro atoms. The highest BCUT2D eigenvalue weighted by molar-refractivity contribution is 7.99. The zero-order chi connectivity index (χ0) is 9.26. The van der Waals surface area contributed by atoms with Gasteiger partial charge in [-0.15, -0.1) is 11.8 Å². The number of hydrogen-bond donors (Lipinski definition) is 2. The molecule has 1 aliphatic rings. The van der Waals surface area contributed by atoms with Gasteiger partial charge in [0.1, 0.15) is 5.75 Å². The van der Waals surface area contributed by atoms with Crippen molar-refractivity contribution >= 4 is 11.8 Å². The summed E-state index contributed by atoms with van der Waals surface area (Å²) in [5, 5.41) is 12.8. The number of fused-ring (bicyclic) bond motifs is 1. The van der Waals surface area contributed by atoms with Crippen LogP contribution >= 0.6 is 11.8 Å². The van der Waals surface area contributed by atoms with Gasteiger partial charge in [-0.2, -0.15) is 0 Å².